The van der Waals surface area contributed by atoms with Crippen LogP contribution in [0.3, 0.4) is 0 Å². The molecule has 5 heteroatoms. The fraction of sp³-hybridized carbons (Fsp3) is 0.152. The molecule has 0 amide bonds. The largest absolute Gasteiger partial charge is 0.481 e. The molecule has 0 aromatic heterocycles. The van der Waals surface area contributed by atoms with Gasteiger partial charge in [-0.05, 0) is 40.8 Å². The first-order chi connectivity index (χ1) is 18.6. The van der Waals surface area contributed by atoms with Gasteiger partial charge in [0.05, 0.1) is 24.7 Å². The lowest BCUT2D eigenvalue weighted by Gasteiger charge is -2.44. The highest BCUT2D eigenvalue weighted by atomic mass is 16.4. The molecule has 0 radical (unpaired) electrons. The van der Waals surface area contributed by atoms with E-state index in [9.17, 15) is 15.2 Å². The lowest BCUT2D eigenvalue weighted by molar-refractivity contribution is -0.137. The van der Waals surface area contributed by atoms with Crippen LogP contribution >= 0.6 is 0 Å². The third-order valence-electron chi connectivity index (χ3n) is 7.09. The number of hydrogen-bond donors (Lipinski definition) is 1. The van der Waals surface area contributed by atoms with E-state index in [-0.39, 0.29) is 6.42 Å². The number of carbonyl (C=O) groups is 1. The maximum atomic E-state index is 11.5. The van der Waals surface area contributed by atoms with Crippen LogP contribution in [0.15, 0.2) is 127 Å². The van der Waals surface area contributed by atoms with Gasteiger partial charge < -0.3 is 14.9 Å². The number of allylic oxidation sites excluding steroid dienone is 1. The summed E-state index contributed by atoms with van der Waals surface area (Å²) in [5, 5.41) is 18.7. The average molecular weight is 500 g/mol. The lowest BCUT2D eigenvalue weighted by Crippen LogP contribution is -2.46. The number of nitrogens with zero attached hydrogens (tertiary/aromatic N) is 3. The molecule has 0 saturated heterocycles. The Hall–Kier alpha value is -4.82. The van der Waals surface area contributed by atoms with Gasteiger partial charge in [0.25, 0.3) is 0 Å². The minimum atomic E-state index is -0.817. The Labute approximate surface area is 223 Å². The zero-order chi connectivity index (χ0) is 26.4. The van der Waals surface area contributed by atoms with Gasteiger partial charge >= 0.3 is 5.97 Å². The van der Waals surface area contributed by atoms with Crippen molar-refractivity contribution in [1.29, 1.82) is 5.26 Å². The molecule has 1 N–H and O–H groups in total. The molecular formula is C33H29N3O2. The Morgan fingerprint density at radius 3 is 1.74 bits per heavy atom. The van der Waals surface area contributed by atoms with Crippen LogP contribution in [0, 0.1) is 11.3 Å². The topological polar surface area (TPSA) is 67.6 Å². The third-order valence-corrected chi connectivity index (χ3v) is 7.09. The number of benzene rings is 4. The van der Waals surface area contributed by atoms with Gasteiger partial charge in [-0.3, -0.25) is 4.79 Å². The van der Waals surface area contributed by atoms with Crippen molar-refractivity contribution in [3.63, 3.8) is 0 Å². The molecule has 0 aliphatic carbocycles. The van der Waals surface area contributed by atoms with E-state index in [1.807, 2.05) is 42.5 Å². The molecule has 1 heterocycles. The highest BCUT2D eigenvalue weighted by molar-refractivity contribution is 5.67. The van der Waals surface area contributed by atoms with Crippen LogP contribution in [0.2, 0.25) is 0 Å². The number of nitriles is 1. The lowest BCUT2D eigenvalue weighted by atomic mass is 9.76. The molecule has 1 aliphatic heterocycles. The molecule has 0 saturated carbocycles. The first-order valence-corrected chi connectivity index (χ1v) is 12.7. The summed E-state index contributed by atoms with van der Waals surface area (Å²) in [6.07, 6.45) is 2.62. The quantitative estimate of drug-likeness (QED) is 0.273. The van der Waals surface area contributed by atoms with Crippen molar-refractivity contribution < 1.29 is 9.90 Å². The van der Waals surface area contributed by atoms with Crippen molar-refractivity contribution in [1.82, 2.24) is 9.80 Å². The van der Waals surface area contributed by atoms with Gasteiger partial charge in [-0.25, -0.2) is 0 Å². The van der Waals surface area contributed by atoms with Crippen molar-refractivity contribution in [2.75, 3.05) is 6.67 Å². The van der Waals surface area contributed by atoms with Crippen molar-refractivity contribution in [3.8, 4) is 6.07 Å². The van der Waals surface area contributed by atoms with Crippen molar-refractivity contribution in [3.05, 3.63) is 155 Å². The van der Waals surface area contributed by atoms with Crippen LogP contribution in [-0.2, 0) is 16.9 Å². The summed E-state index contributed by atoms with van der Waals surface area (Å²) in [5.41, 5.74) is 5.43. The van der Waals surface area contributed by atoms with E-state index < -0.39 is 11.5 Å². The minimum Gasteiger partial charge on any atom is -0.481 e. The molecule has 1 aliphatic rings. The fourth-order valence-electron chi connectivity index (χ4n) is 5.33. The summed E-state index contributed by atoms with van der Waals surface area (Å²) in [5.74, 6) is -0.817. The molecular weight excluding hydrogens is 470 g/mol. The molecule has 5 nitrogen and oxygen atoms in total. The number of rotatable bonds is 9. The predicted molar refractivity (Wildman–Crippen MR) is 148 cm³/mol. The first-order valence-electron chi connectivity index (χ1n) is 12.7. The zero-order valence-electron chi connectivity index (χ0n) is 21.1. The van der Waals surface area contributed by atoms with Crippen molar-refractivity contribution in [2.45, 2.75) is 24.9 Å². The predicted octanol–water partition coefficient (Wildman–Crippen LogP) is 6.33. The summed E-state index contributed by atoms with van der Waals surface area (Å²) in [6.45, 7) is 1.19. The van der Waals surface area contributed by atoms with Crippen LogP contribution < -0.4 is 0 Å². The van der Waals surface area contributed by atoms with Gasteiger partial charge in [-0.1, -0.05) is 103 Å². The summed E-state index contributed by atoms with van der Waals surface area (Å²) in [6, 6.07) is 41.2. The first kappa shape index (κ1) is 24.9. The molecule has 4 aromatic rings. The molecule has 5 rings (SSSR count). The Bertz CT molecular complexity index is 1350. The summed E-state index contributed by atoms with van der Waals surface area (Å²) in [4.78, 5) is 16.1. The molecule has 188 valence electrons. The van der Waals surface area contributed by atoms with E-state index in [1.54, 1.807) is 0 Å². The fourth-order valence-corrected chi connectivity index (χ4v) is 5.33. The normalized spacial score (nSPS) is 13.2. The van der Waals surface area contributed by atoms with Crippen LogP contribution in [0.4, 0.5) is 0 Å². The van der Waals surface area contributed by atoms with Gasteiger partial charge in [0, 0.05) is 18.4 Å². The van der Waals surface area contributed by atoms with Crippen molar-refractivity contribution >= 4 is 5.97 Å². The Kier molecular flexibility index (Phi) is 7.24. The summed E-state index contributed by atoms with van der Waals surface area (Å²) < 4.78 is 0. The maximum absolute atomic E-state index is 11.5. The molecule has 38 heavy (non-hydrogen) atoms. The average Bonchev–Trinajstić information content (AvgIpc) is 3.37. The standard InChI is InChI=1S/C33H29N3O2/c34-22-26-16-18-27(19-17-26)23-35-25-36(24-31(35)20-21-32(37)38)33(28-10-4-1-5-11-28,29-12-6-2-7-13-29)30-14-8-3-9-15-30/h1-19,24H,20-21,23,25H2,(H,37,38). The van der Waals surface area contributed by atoms with Crippen LogP contribution in [0.5, 0.6) is 0 Å². The third kappa shape index (κ3) is 4.89. The summed E-state index contributed by atoms with van der Waals surface area (Å²) in [7, 11) is 0. The smallest absolute Gasteiger partial charge is 0.303 e. The maximum Gasteiger partial charge on any atom is 0.303 e. The van der Waals surface area contributed by atoms with E-state index in [0.717, 1.165) is 28.0 Å². The van der Waals surface area contributed by atoms with E-state index in [4.69, 9.17) is 0 Å². The van der Waals surface area contributed by atoms with Gasteiger partial charge in [0.2, 0.25) is 0 Å². The highest BCUT2D eigenvalue weighted by Crippen LogP contribution is 2.45. The zero-order valence-corrected chi connectivity index (χ0v) is 21.1. The second kappa shape index (κ2) is 11.1. The molecule has 0 spiro atoms. The molecule has 4 aromatic carbocycles. The van der Waals surface area contributed by atoms with Gasteiger partial charge in [-0.2, -0.15) is 5.26 Å². The highest BCUT2D eigenvalue weighted by Gasteiger charge is 2.43. The molecule has 0 fully saturated rings. The SMILES string of the molecule is N#Cc1ccc(CN2CN(C(c3ccccc3)(c3ccccc3)c3ccccc3)C=C2CCC(=O)O)cc1. The van der Waals surface area contributed by atoms with Crippen molar-refractivity contribution in [2.24, 2.45) is 0 Å². The molecule has 0 bridgehead atoms. The van der Waals surface area contributed by atoms with Crippen LogP contribution in [0.1, 0.15) is 40.7 Å². The van der Waals surface area contributed by atoms with E-state index in [2.05, 4.69) is 94.9 Å². The number of hydrogen-bond acceptors (Lipinski definition) is 4. The summed E-state index contributed by atoms with van der Waals surface area (Å²) >= 11 is 0. The van der Waals surface area contributed by atoms with Crippen LogP contribution in [0.25, 0.3) is 0 Å². The van der Waals surface area contributed by atoms with Crippen LogP contribution in [-0.4, -0.2) is 27.5 Å². The molecule has 0 unspecified atom stereocenters. The second-order valence-corrected chi connectivity index (χ2v) is 9.44. The van der Waals surface area contributed by atoms with E-state index in [1.165, 1.54) is 0 Å². The van der Waals surface area contributed by atoms with Gasteiger partial charge in [0.15, 0.2) is 0 Å². The Balaban J connectivity index is 1.64. The number of aliphatic carboxylic acids is 1. The second-order valence-electron chi connectivity index (χ2n) is 9.44. The van der Waals surface area contributed by atoms with E-state index >= 15 is 0 Å². The van der Waals surface area contributed by atoms with E-state index in [0.29, 0.717) is 25.2 Å². The Morgan fingerprint density at radius 1 is 0.789 bits per heavy atom. The van der Waals surface area contributed by atoms with Gasteiger partial charge in [-0.15, -0.1) is 0 Å². The number of carboxylic acids is 1. The monoisotopic (exact) mass is 499 g/mol. The number of carboxylic acid groups (broad SMARTS) is 1. The minimum absolute atomic E-state index is 0.0541. The van der Waals surface area contributed by atoms with Gasteiger partial charge in [0.1, 0.15) is 5.54 Å². The Morgan fingerprint density at radius 2 is 1.29 bits per heavy atom. The molecule has 0 atom stereocenters.